The van der Waals surface area contributed by atoms with Crippen LogP contribution < -0.4 is 5.32 Å². The molecule has 0 saturated carbocycles. The number of rotatable bonds is 4. The van der Waals surface area contributed by atoms with Gasteiger partial charge in [0.1, 0.15) is 4.88 Å². The van der Waals surface area contributed by atoms with Gasteiger partial charge in [0.25, 0.3) is 5.91 Å². The maximum Gasteiger partial charge on any atom is 0.265 e. The number of carbonyl (C=O) groups is 1. The average molecular weight is 335 g/mol. The van der Waals surface area contributed by atoms with Crippen LogP contribution in [0.4, 0.5) is 5.13 Å². The summed E-state index contributed by atoms with van der Waals surface area (Å²) in [6.07, 6.45) is 1.93. The molecule has 1 aliphatic heterocycles. The number of aromatic nitrogens is 3. The molecular weight excluding hydrogens is 314 g/mol. The van der Waals surface area contributed by atoms with Crippen LogP contribution in [0, 0.1) is 13.8 Å². The molecule has 2 aromatic heterocycles. The molecule has 3 heterocycles. The number of hydrogen-bond donors (Lipinski definition) is 1. The van der Waals surface area contributed by atoms with Crippen LogP contribution in [0.2, 0.25) is 0 Å². The minimum Gasteiger partial charge on any atom is -0.362 e. The number of piperidine rings is 1. The van der Waals surface area contributed by atoms with E-state index >= 15 is 0 Å². The van der Waals surface area contributed by atoms with Crippen molar-refractivity contribution in [1.82, 2.24) is 20.0 Å². The molecule has 124 valence electrons. The fourth-order valence-electron chi connectivity index (χ4n) is 2.82. The SMILES string of the molecule is CCNc1nc(C)c(C(=O)N2CCCC(c3noc(C)n3)C2)s1. The van der Waals surface area contributed by atoms with Crippen molar-refractivity contribution in [1.29, 1.82) is 0 Å². The normalized spacial score (nSPS) is 18.2. The summed E-state index contributed by atoms with van der Waals surface area (Å²) in [6, 6.07) is 0. The third kappa shape index (κ3) is 3.36. The molecule has 0 radical (unpaired) electrons. The van der Waals surface area contributed by atoms with Gasteiger partial charge in [-0.05, 0) is 26.7 Å². The molecule has 0 bridgehead atoms. The van der Waals surface area contributed by atoms with Gasteiger partial charge in [0, 0.05) is 32.5 Å². The molecule has 1 aliphatic rings. The summed E-state index contributed by atoms with van der Waals surface area (Å²) in [6.45, 7) is 7.87. The Hall–Kier alpha value is -1.96. The molecule has 3 rings (SSSR count). The van der Waals surface area contributed by atoms with E-state index in [1.54, 1.807) is 6.92 Å². The lowest BCUT2D eigenvalue weighted by molar-refractivity contribution is 0.0707. The first-order valence-electron chi connectivity index (χ1n) is 7.89. The van der Waals surface area contributed by atoms with Gasteiger partial charge in [-0.2, -0.15) is 4.98 Å². The molecular formula is C15H21N5O2S. The molecule has 7 nitrogen and oxygen atoms in total. The lowest BCUT2D eigenvalue weighted by Gasteiger charge is -2.31. The van der Waals surface area contributed by atoms with Crippen molar-refractivity contribution >= 4 is 22.4 Å². The highest BCUT2D eigenvalue weighted by Crippen LogP contribution is 2.29. The molecule has 1 fully saturated rings. The van der Waals surface area contributed by atoms with Gasteiger partial charge in [0.2, 0.25) is 5.89 Å². The third-order valence-corrected chi connectivity index (χ3v) is 5.04. The quantitative estimate of drug-likeness (QED) is 0.924. The van der Waals surface area contributed by atoms with Crippen LogP contribution in [0.5, 0.6) is 0 Å². The van der Waals surface area contributed by atoms with Gasteiger partial charge >= 0.3 is 0 Å². The van der Waals surface area contributed by atoms with Crippen LogP contribution in [0.25, 0.3) is 0 Å². The highest BCUT2D eigenvalue weighted by molar-refractivity contribution is 7.17. The molecule has 2 aromatic rings. The third-order valence-electron chi connectivity index (χ3n) is 3.94. The van der Waals surface area contributed by atoms with Gasteiger partial charge in [-0.25, -0.2) is 4.98 Å². The molecule has 1 atom stereocenters. The molecule has 1 saturated heterocycles. The second-order valence-electron chi connectivity index (χ2n) is 5.73. The number of amides is 1. The summed E-state index contributed by atoms with van der Waals surface area (Å²) in [5.74, 6) is 1.46. The molecule has 1 N–H and O–H groups in total. The summed E-state index contributed by atoms with van der Waals surface area (Å²) >= 11 is 1.42. The number of thiazole rings is 1. The van der Waals surface area contributed by atoms with E-state index in [0.29, 0.717) is 23.1 Å². The number of anilines is 1. The number of hydrogen-bond acceptors (Lipinski definition) is 7. The van der Waals surface area contributed by atoms with Crippen molar-refractivity contribution in [2.75, 3.05) is 25.0 Å². The first-order valence-corrected chi connectivity index (χ1v) is 8.71. The lowest BCUT2D eigenvalue weighted by atomic mass is 9.97. The van der Waals surface area contributed by atoms with E-state index < -0.39 is 0 Å². The summed E-state index contributed by atoms with van der Waals surface area (Å²) < 4.78 is 5.07. The first kappa shape index (κ1) is 15.9. The largest absolute Gasteiger partial charge is 0.362 e. The number of likely N-dealkylation sites (tertiary alicyclic amines) is 1. The smallest absolute Gasteiger partial charge is 0.265 e. The Morgan fingerprint density at radius 3 is 2.96 bits per heavy atom. The van der Waals surface area contributed by atoms with E-state index in [9.17, 15) is 4.79 Å². The maximum absolute atomic E-state index is 12.8. The molecule has 1 unspecified atom stereocenters. The number of carbonyl (C=O) groups excluding carboxylic acids is 1. The van der Waals surface area contributed by atoms with Crippen molar-refractivity contribution in [3.8, 4) is 0 Å². The van der Waals surface area contributed by atoms with Crippen LogP contribution >= 0.6 is 11.3 Å². The zero-order valence-corrected chi connectivity index (χ0v) is 14.4. The average Bonchev–Trinajstić information content (AvgIpc) is 3.13. The highest BCUT2D eigenvalue weighted by Gasteiger charge is 2.30. The Morgan fingerprint density at radius 1 is 1.43 bits per heavy atom. The van der Waals surface area contributed by atoms with Crippen LogP contribution in [-0.4, -0.2) is 45.6 Å². The molecule has 0 aliphatic carbocycles. The van der Waals surface area contributed by atoms with E-state index in [2.05, 4.69) is 20.4 Å². The van der Waals surface area contributed by atoms with Gasteiger partial charge in [-0.15, -0.1) is 0 Å². The fraction of sp³-hybridized carbons (Fsp3) is 0.600. The number of aryl methyl sites for hydroxylation is 2. The fourth-order valence-corrected chi connectivity index (χ4v) is 3.82. The van der Waals surface area contributed by atoms with Crippen molar-refractivity contribution in [2.45, 2.75) is 39.5 Å². The summed E-state index contributed by atoms with van der Waals surface area (Å²) in [5, 5.41) is 7.98. The predicted molar refractivity (Wildman–Crippen MR) is 87.9 cm³/mol. The van der Waals surface area contributed by atoms with E-state index in [0.717, 1.165) is 36.8 Å². The second kappa shape index (κ2) is 6.66. The van der Waals surface area contributed by atoms with Gasteiger partial charge in [0.05, 0.1) is 5.69 Å². The Kier molecular flexibility index (Phi) is 4.61. The minimum atomic E-state index is 0.0501. The molecule has 1 amide bonds. The lowest BCUT2D eigenvalue weighted by Crippen LogP contribution is -2.39. The van der Waals surface area contributed by atoms with Crippen LogP contribution in [0.15, 0.2) is 4.52 Å². The van der Waals surface area contributed by atoms with Crippen molar-refractivity contribution in [2.24, 2.45) is 0 Å². The van der Waals surface area contributed by atoms with Crippen molar-refractivity contribution in [3.05, 3.63) is 22.3 Å². The van der Waals surface area contributed by atoms with E-state index in [4.69, 9.17) is 4.52 Å². The van der Waals surface area contributed by atoms with E-state index in [-0.39, 0.29) is 11.8 Å². The van der Waals surface area contributed by atoms with Gasteiger partial charge in [-0.3, -0.25) is 4.79 Å². The van der Waals surface area contributed by atoms with Gasteiger partial charge in [-0.1, -0.05) is 16.5 Å². The summed E-state index contributed by atoms with van der Waals surface area (Å²) in [7, 11) is 0. The number of nitrogens with one attached hydrogen (secondary N) is 1. The Morgan fingerprint density at radius 2 is 2.26 bits per heavy atom. The monoisotopic (exact) mass is 335 g/mol. The predicted octanol–water partition coefficient (Wildman–Crippen LogP) is 2.59. The van der Waals surface area contributed by atoms with Crippen molar-refractivity contribution < 1.29 is 9.32 Å². The topological polar surface area (TPSA) is 84.2 Å². The van der Waals surface area contributed by atoms with Crippen molar-refractivity contribution in [3.63, 3.8) is 0 Å². The number of nitrogens with zero attached hydrogens (tertiary/aromatic N) is 4. The highest BCUT2D eigenvalue weighted by atomic mass is 32.1. The van der Waals surface area contributed by atoms with E-state index in [1.165, 1.54) is 11.3 Å². The first-order chi connectivity index (χ1) is 11.1. The second-order valence-corrected chi connectivity index (χ2v) is 6.72. The zero-order chi connectivity index (χ0) is 16.4. The zero-order valence-electron chi connectivity index (χ0n) is 13.6. The van der Waals surface area contributed by atoms with Crippen LogP contribution in [-0.2, 0) is 0 Å². The van der Waals surface area contributed by atoms with Gasteiger partial charge < -0.3 is 14.7 Å². The van der Waals surface area contributed by atoms with E-state index in [1.807, 2.05) is 18.7 Å². The minimum absolute atomic E-state index is 0.0501. The van der Waals surface area contributed by atoms with Crippen LogP contribution in [0.1, 0.15) is 52.8 Å². The summed E-state index contributed by atoms with van der Waals surface area (Å²) in [4.78, 5) is 24.2. The van der Waals surface area contributed by atoms with Crippen LogP contribution in [0.3, 0.4) is 0 Å². The summed E-state index contributed by atoms with van der Waals surface area (Å²) in [5.41, 5.74) is 0.786. The molecule has 0 aromatic carbocycles. The molecule has 23 heavy (non-hydrogen) atoms. The maximum atomic E-state index is 12.8. The Labute approximate surface area is 139 Å². The standard InChI is InChI=1S/C15H21N5O2S/c1-4-16-15-17-9(2)12(23-15)14(21)20-7-5-6-11(8-20)13-18-10(3)22-19-13/h11H,4-8H2,1-3H3,(H,16,17). The molecule has 8 heteroatoms. The molecule has 0 spiro atoms. The Balaban J connectivity index is 1.74. The Bertz CT molecular complexity index is 696. The van der Waals surface area contributed by atoms with Gasteiger partial charge in [0.15, 0.2) is 11.0 Å².